The van der Waals surface area contributed by atoms with Gasteiger partial charge >= 0.3 is 17.9 Å². The van der Waals surface area contributed by atoms with Crippen molar-refractivity contribution in [2.45, 2.75) is 45.6 Å². The molecular formula is C29H34O8. The largest absolute Gasteiger partial charge is 0.493 e. The van der Waals surface area contributed by atoms with E-state index in [0.717, 1.165) is 25.7 Å². The third-order valence-electron chi connectivity index (χ3n) is 5.27. The van der Waals surface area contributed by atoms with E-state index in [0.29, 0.717) is 34.8 Å². The number of methoxy groups -OCH3 is 2. The lowest BCUT2D eigenvalue weighted by atomic mass is 10.1. The second-order valence-electron chi connectivity index (χ2n) is 8.37. The highest BCUT2D eigenvalue weighted by molar-refractivity contribution is 5.91. The van der Waals surface area contributed by atoms with Gasteiger partial charge in [0.25, 0.3) is 0 Å². The first-order valence-electron chi connectivity index (χ1n) is 12.0. The molecule has 2 aromatic carbocycles. The van der Waals surface area contributed by atoms with E-state index in [2.05, 4.69) is 11.3 Å². The van der Waals surface area contributed by atoms with Crippen molar-refractivity contribution in [2.75, 3.05) is 20.8 Å². The van der Waals surface area contributed by atoms with Crippen molar-refractivity contribution in [1.82, 2.24) is 0 Å². The quantitative estimate of drug-likeness (QED) is 0.141. The Labute approximate surface area is 217 Å². The Balaban J connectivity index is 1.83. The van der Waals surface area contributed by atoms with Crippen molar-refractivity contribution >= 4 is 24.0 Å². The van der Waals surface area contributed by atoms with Crippen LogP contribution in [0.2, 0.25) is 0 Å². The van der Waals surface area contributed by atoms with Gasteiger partial charge in [-0.15, -0.1) is 0 Å². The van der Waals surface area contributed by atoms with Crippen LogP contribution in [0.25, 0.3) is 6.08 Å². The average molecular weight is 511 g/mol. The minimum Gasteiger partial charge on any atom is -0.493 e. The number of benzene rings is 2. The van der Waals surface area contributed by atoms with Gasteiger partial charge in [-0.1, -0.05) is 12.6 Å². The maximum Gasteiger partial charge on any atom is 0.343 e. The van der Waals surface area contributed by atoms with Gasteiger partial charge in [0.2, 0.25) is 0 Å². The second kappa shape index (κ2) is 15.1. The molecule has 0 fully saturated rings. The van der Waals surface area contributed by atoms with E-state index in [-0.39, 0.29) is 17.8 Å². The molecule has 0 amide bonds. The molecule has 2 aromatic rings. The lowest BCUT2D eigenvalue weighted by Gasteiger charge is -2.15. The van der Waals surface area contributed by atoms with E-state index in [1.165, 1.54) is 20.3 Å². The summed E-state index contributed by atoms with van der Waals surface area (Å²) in [5, 5.41) is 0. The number of ether oxygens (including phenoxy) is 5. The van der Waals surface area contributed by atoms with E-state index in [1.807, 2.05) is 6.92 Å². The smallest absolute Gasteiger partial charge is 0.343 e. The standard InChI is InChI=1S/C29H34O8/c1-20(2)28(31)35-18-8-6-7-9-21(3)36-24-14-12-23(13-15-24)29(32)37-25-16-10-22(19-26(25)33-4)11-17-27(30)34-5/h10-17,19,21H,1,6-9,18H2,2-5H3/b17-11+. The Morgan fingerprint density at radius 2 is 1.70 bits per heavy atom. The second-order valence-corrected chi connectivity index (χ2v) is 8.37. The molecule has 8 nitrogen and oxygen atoms in total. The highest BCUT2D eigenvalue weighted by atomic mass is 16.6. The number of hydrogen-bond acceptors (Lipinski definition) is 8. The predicted molar refractivity (Wildman–Crippen MR) is 140 cm³/mol. The lowest BCUT2D eigenvalue weighted by Crippen LogP contribution is -2.12. The summed E-state index contributed by atoms with van der Waals surface area (Å²) in [6, 6.07) is 11.7. The van der Waals surface area contributed by atoms with Gasteiger partial charge in [0.1, 0.15) is 5.75 Å². The van der Waals surface area contributed by atoms with Gasteiger partial charge in [-0.25, -0.2) is 14.4 Å². The number of esters is 3. The van der Waals surface area contributed by atoms with Crippen LogP contribution in [0.15, 0.2) is 60.7 Å². The molecule has 0 spiro atoms. The minimum atomic E-state index is -0.539. The first-order valence-corrected chi connectivity index (χ1v) is 12.0. The van der Waals surface area contributed by atoms with Crippen LogP contribution in [-0.2, 0) is 19.1 Å². The Hall–Kier alpha value is -4.07. The molecule has 0 aromatic heterocycles. The number of carbonyl (C=O) groups is 3. The fourth-order valence-corrected chi connectivity index (χ4v) is 3.22. The third-order valence-corrected chi connectivity index (χ3v) is 5.27. The summed E-state index contributed by atoms with van der Waals surface area (Å²) < 4.78 is 26.4. The van der Waals surface area contributed by atoms with E-state index in [1.54, 1.807) is 55.5 Å². The fraction of sp³-hybridized carbons (Fsp3) is 0.345. The van der Waals surface area contributed by atoms with Crippen LogP contribution in [0.1, 0.15) is 55.5 Å². The van der Waals surface area contributed by atoms with Crippen LogP contribution in [0.5, 0.6) is 17.2 Å². The molecule has 0 heterocycles. The third kappa shape index (κ3) is 10.2. The van der Waals surface area contributed by atoms with Gasteiger partial charge in [0.15, 0.2) is 11.5 Å². The van der Waals surface area contributed by atoms with Crippen LogP contribution < -0.4 is 14.2 Å². The summed E-state index contributed by atoms with van der Waals surface area (Å²) in [5.41, 5.74) is 1.45. The molecular weight excluding hydrogens is 476 g/mol. The lowest BCUT2D eigenvalue weighted by molar-refractivity contribution is -0.139. The first-order chi connectivity index (χ1) is 17.7. The number of hydrogen-bond donors (Lipinski definition) is 0. The minimum absolute atomic E-state index is 0.00761. The van der Waals surface area contributed by atoms with E-state index in [9.17, 15) is 14.4 Å². The van der Waals surface area contributed by atoms with Gasteiger partial charge in [0.05, 0.1) is 32.5 Å². The molecule has 198 valence electrons. The molecule has 0 aliphatic heterocycles. The Morgan fingerprint density at radius 3 is 2.35 bits per heavy atom. The summed E-state index contributed by atoms with van der Waals surface area (Å²) in [6.45, 7) is 7.56. The Morgan fingerprint density at radius 1 is 0.973 bits per heavy atom. The van der Waals surface area contributed by atoms with Crippen molar-refractivity contribution in [3.63, 3.8) is 0 Å². The first kappa shape index (κ1) is 29.2. The fourth-order valence-electron chi connectivity index (χ4n) is 3.22. The molecule has 0 radical (unpaired) electrons. The molecule has 0 saturated heterocycles. The van der Waals surface area contributed by atoms with Gasteiger partial charge in [-0.3, -0.25) is 0 Å². The van der Waals surface area contributed by atoms with Crippen molar-refractivity contribution < 1.29 is 38.1 Å². The zero-order chi connectivity index (χ0) is 27.2. The molecule has 1 unspecified atom stereocenters. The average Bonchev–Trinajstić information content (AvgIpc) is 2.89. The molecule has 0 aliphatic carbocycles. The summed E-state index contributed by atoms with van der Waals surface area (Å²) in [4.78, 5) is 35.2. The van der Waals surface area contributed by atoms with Gasteiger partial charge in [-0.2, -0.15) is 0 Å². The van der Waals surface area contributed by atoms with Crippen molar-refractivity contribution in [3.05, 3.63) is 71.8 Å². The Kier molecular flexibility index (Phi) is 11.9. The zero-order valence-corrected chi connectivity index (χ0v) is 21.8. The molecule has 0 aliphatic rings. The SMILES string of the molecule is C=C(C)C(=O)OCCCCCC(C)Oc1ccc(C(=O)Oc2ccc(/C=C/C(=O)OC)cc2OC)cc1. The molecule has 0 N–H and O–H groups in total. The molecule has 8 heteroatoms. The number of unbranched alkanes of at least 4 members (excludes halogenated alkanes) is 2. The normalized spacial score (nSPS) is 11.5. The highest BCUT2D eigenvalue weighted by Gasteiger charge is 2.14. The monoisotopic (exact) mass is 510 g/mol. The molecule has 2 rings (SSSR count). The zero-order valence-electron chi connectivity index (χ0n) is 21.8. The summed E-state index contributed by atoms with van der Waals surface area (Å²) >= 11 is 0. The van der Waals surface area contributed by atoms with Crippen molar-refractivity contribution in [1.29, 1.82) is 0 Å². The molecule has 37 heavy (non-hydrogen) atoms. The Bertz CT molecular complexity index is 1100. The summed E-state index contributed by atoms with van der Waals surface area (Å²) in [5.74, 6) is -0.114. The van der Waals surface area contributed by atoms with Crippen LogP contribution in [0, 0.1) is 0 Å². The molecule has 1 atom stereocenters. The molecule has 0 saturated carbocycles. The van der Waals surface area contributed by atoms with E-state index >= 15 is 0 Å². The summed E-state index contributed by atoms with van der Waals surface area (Å²) in [7, 11) is 2.76. The van der Waals surface area contributed by atoms with E-state index in [4.69, 9.17) is 18.9 Å². The molecule has 0 bridgehead atoms. The van der Waals surface area contributed by atoms with Gasteiger partial charge in [-0.05, 0) is 87.6 Å². The van der Waals surface area contributed by atoms with Gasteiger partial charge in [0, 0.05) is 11.6 Å². The van der Waals surface area contributed by atoms with Crippen LogP contribution in [0.4, 0.5) is 0 Å². The van der Waals surface area contributed by atoms with Crippen molar-refractivity contribution in [3.8, 4) is 17.2 Å². The van der Waals surface area contributed by atoms with Crippen LogP contribution in [-0.4, -0.2) is 44.8 Å². The highest BCUT2D eigenvalue weighted by Crippen LogP contribution is 2.29. The van der Waals surface area contributed by atoms with Crippen LogP contribution in [0.3, 0.4) is 0 Å². The van der Waals surface area contributed by atoms with E-state index < -0.39 is 11.9 Å². The maximum atomic E-state index is 12.6. The number of rotatable bonds is 14. The van der Waals surface area contributed by atoms with Gasteiger partial charge < -0.3 is 23.7 Å². The predicted octanol–water partition coefficient (Wildman–Crippen LogP) is 5.55. The maximum absolute atomic E-state index is 12.6. The van der Waals surface area contributed by atoms with Crippen LogP contribution >= 0.6 is 0 Å². The number of carbonyl (C=O) groups excluding carboxylic acids is 3. The topological polar surface area (TPSA) is 97.4 Å². The van der Waals surface area contributed by atoms with Crippen molar-refractivity contribution in [2.24, 2.45) is 0 Å². The summed E-state index contributed by atoms with van der Waals surface area (Å²) in [6.07, 6.45) is 6.36.